The molecule has 4 N–H and O–H groups in total. The van der Waals surface area contributed by atoms with Gasteiger partial charge in [0.15, 0.2) is 5.82 Å². The zero-order valence-electron chi connectivity index (χ0n) is 10.8. The van der Waals surface area contributed by atoms with Crippen LogP contribution in [-0.2, 0) is 0 Å². The second kappa shape index (κ2) is 7.14. The van der Waals surface area contributed by atoms with E-state index >= 15 is 0 Å². The maximum absolute atomic E-state index is 6.08. The van der Waals surface area contributed by atoms with Gasteiger partial charge in [0.1, 0.15) is 5.82 Å². The molecule has 106 valence electrons. The highest BCUT2D eigenvalue weighted by Gasteiger charge is 2.11. The lowest BCUT2D eigenvalue weighted by Crippen LogP contribution is -2.22. The first-order chi connectivity index (χ1) is 9.20. The second-order valence-corrected chi connectivity index (χ2v) is 5.44. The normalized spacial score (nSPS) is 15.7. The van der Waals surface area contributed by atoms with Gasteiger partial charge in [-0.3, -0.25) is 0 Å². The second-order valence-electron chi connectivity index (χ2n) is 4.62. The fourth-order valence-electron chi connectivity index (χ4n) is 2.21. The van der Waals surface area contributed by atoms with Gasteiger partial charge < -0.3 is 15.6 Å². The predicted octanol–water partition coefficient (Wildman–Crippen LogP) is 2.57. The van der Waals surface area contributed by atoms with Gasteiger partial charge in [-0.25, -0.2) is 10.8 Å². The summed E-state index contributed by atoms with van der Waals surface area (Å²) in [5.41, 5.74) is 2.45. The maximum Gasteiger partial charge on any atom is 0.161 e. The molecule has 19 heavy (non-hydrogen) atoms. The van der Waals surface area contributed by atoms with E-state index in [-0.39, 0.29) is 0 Å². The summed E-state index contributed by atoms with van der Waals surface area (Å²) in [6.45, 7) is 4.39. The molecule has 0 atom stereocenters. The first-order valence-corrected chi connectivity index (χ1v) is 7.25. The molecule has 0 aromatic carbocycles. The summed E-state index contributed by atoms with van der Waals surface area (Å²) in [5.74, 6) is 6.37. The molecular weight excluding hydrogens is 285 g/mol. The molecular formula is C12H19Cl2N5. The van der Waals surface area contributed by atoms with E-state index in [1.54, 1.807) is 6.07 Å². The van der Waals surface area contributed by atoms with E-state index in [0.717, 1.165) is 19.5 Å². The average Bonchev–Trinajstić information content (AvgIpc) is 2.90. The number of nitrogen functional groups attached to an aromatic ring is 1. The highest BCUT2D eigenvalue weighted by Crippen LogP contribution is 2.28. The first-order valence-electron chi connectivity index (χ1n) is 6.49. The Balaban J connectivity index is 1.81. The Kier molecular flexibility index (Phi) is 5.51. The van der Waals surface area contributed by atoms with Gasteiger partial charge in [0.2, 0.25) is 0 Å². The molecule has 0 spiro atoms. The Morgan fingerprint density at radius 1 is 1.21 bits per heavy atom. The lowest BCUT2D eigenvalue weighted by molar-refractivity contribution is 0.337. The summed E-state index contributed by atoms with van der Waals surface area (Å²) in [6.07, 6.45) is 3.71. The molecule has 2 heterocycles. The molecule has 1 aliphatic heterocycles. The molecule has 5 nitrogen and oxygen atoms in total. The first kappa shape index (κ1) is 14.7. The van der Waals surface area contributed by atoms with Crippen LogP contribution in [0.5, 0.6) is 0 Å². The van der Waals surface area contributed by atoms with Crippen molar-refractivity contribution in [2.24, 2.45) is 5.84 Å². The zero-order chi connectivity index (χ0) is 13.7. The molecule has 0 bridgehead atoms. The number of hydrogen-bond donors (Lipinski definition) is 3. The molecule has 0 amide bonds. The third-order valence-corrected chi connectivity index (χ3v) is 3.78. The van der Waals surface area contributed by atoms with Crippen LogP contribution in [0.1, 0.15) is 19.3 Å². The van der Waals surface area contributed by atoms with Crippen molar-refractivity contribution in [1.82, 2.24) is 9.88 Å². The Hall–Kier alpha value is -0.750. The number of likely N-dealkylation sites (tertiary alicyclic amines) is 1. The molecule has 1 fully saturated rings. The molecule has 0 radical (unpaired) electrons. The van der Waals surface area contributed by atoms with Crippen LogP contribution in [-0.4, -0.2) is 36.1 Å². The van der Waals surface area contributed by atoms with Gasteiger partial charge in [0.05, 0.1) is 10.0 Å². The molecule has 1 aromatic rings. The minimum atomic E-state index is 0.412. The van der Waals surface area contributed by atoms with Crippen molar-refractivity contribution >= 4 is 34.8 Å². The number of nitrogens with one attached hydrogen (secondary N) is 2. The number of anilines is 2. The summed E-state index contributed by atoms with van der Waals surface area (Å²) in [7, 11) is 0. The van der Waals surface area contributed by atoms with E-state index in [2.05, 4.69) is 20.6 Å². The number of hydrogen-bond acceptors (Lipinski definition) is 5. The Labute approximate surface area is 123 Å². The molecule has 0 unspecified atom stereocenters. The van der Waals surface area contributed by atoms with Crippen LogP contribution in [0.25, 0.3) is 0 Å². The zero-order valence-corrected chi connectivity index (χ0v) is 12.3. The number of aromatic nitrogens is 1. The van der Waals surface area contributed by atoms with Crippen LogP contribution in [0.3, 0.4) is 0 Å². The van der Waals surface area contributed by atoms with Gasteiger partial charge in [0.25, 0.3) is 0 Å². The van der Waals surface area contributed by atoms with Crippen molar-refractivity contribution in [1.29, 1.82) is 0 Å². The SMILES string of the molecule is NNc1nc(NCCCN2CCCC2)c(Cl)cc1Cl. The Bertz CT molecular complexity index is 421. The Morgan fingerprint density at radius 3 is 2.58 bits per heavy atom. The standard InChI is InChI=1S/C12H19Cl2N5/c13-9-8-10(14)12(18-15)17-11(9)16-4-3-7-19-5-1-2-6-19/h8H,1-7,15H2,(H2,16,17,18). The van der Waals surface area contributed by atoms with Crippen LogP contribution in [0.4, 0.5) is 11.6 Å². The van der Waals surface area contributed by atoms with Gasteiger partial charge in [-0.15, -0.1) is 0 Å². The largest absolute Gasteiger partial charge is 0.369 e. The van der Waals surface area contributed by atoms with Crippen LogP contribution in [0.2, 0.25) is 10.0 Å². The van der Waals surface area contributed by atoms with E-state index in [1.807, 2.05) is 0 Å². The lowest BCUT2D eigenvalue weighted by atomic mass is 10.3. The molecule has 1 aromatic heterocycles. The molecule has 7 heteroatoms. The lowest BCUT2D eigenvalue weighted by Gasteiger charge is -2.15. The van der Waals surface area contributed by atoms with Crippen LogP contribution in [0, 0.1) is 0 Å². The monoisotopic (exact) mass is 303 g/mol. The molecule has 1 aliphatic rings. The summed E-state index contributed by atoms with van der Waals surface area (Å²) >= 11 is 12.0. The highest BCUT2D eigenvalue weighted by molar-refractivity contribution is 6.37. The van der Waals surface area contributed by atoms with E-state index in [4.69, 9.17) is 29.0 Å². The number of nitrogens with two attached hydrogens (primary N) is 1. The number of pyridine rings is 1. The van der Waals surface area contributed by atoms with Crippen molar-refractivity contribution < 1.29 is 0 Å². The topological polar surface area (TPSA) is 66.2 Å². The van der Waals surface area contributed by atoms with Crippen LogP contribution < -0.4 is 16.6 Å². The van der Waals surface area contributed by atoms with Crippen molar-refractivity contribution in [2.45, 2.75) is 19.3 Å². The van der Waals surface area contributed by atoms with E-state index in [0.29, 0.717) is 21.7 Å². The summed E-state index contributed by atoms with van der Waals surface area (Å²) in [5, 5.41) is 4.13. The van der Waals surface area contributed by atoms with Gasteiger partial charge >= 0.3 is 0 Å². The van der Waals surface area contributed by atoms with Crippen molar-refractivity contribution in [3.63, 3.8) is 0 Å². The van der Waals surface area contributed by atoms with Crippen molar-refractivity contribution in [3.05, 3.63) is 16.1 Å². The molecule has 2 rings (SSSR count). The molecule has 1 saturated heterocycles. The number of halogens is 2. The Morgan fingerprint density at radius 2 is 1.89 bits per heavy atom. The third kappa shape index (κ3) is 4.11. The fourth-order valence-corrected chi connectivity index (χ4v) is 2.69. The molecule has 0 saturated carbocycles. The van der Waals surface area contributed by atoms with Gasteiger partial charge in [-0.2, -0.15) is 0 Å². The minimum absolute atomic E-state index is 0.412. The van der Waals surface area contributed by atoms with Gasteiger partial charge in [-0.05, 0) is 45.0 Å². The van der Waals surface area contributed by atoms with Gasteiger partial charge in [0, 0.05) is 6.54 Å². The average molecular weight is 304 g/mol. The highest BCUT2D eigenvalue weighted by atomic mass is 35.5. The van der Waals surface area contributed by atoms with Gasteiger partial charge in [-0.1, -0.05) is 23.2 Å². The fraction of sp³-hybridized carbons (Fsp3) is 0.583. The van der Waals surface area contributed by atoms with Crippen LogP contribution >= 0.6 is 23.2 Å². The van der Waals surface area contributed by atoms with E-state index < -0.39 is 0 Å². The minimum Gasteiger partial charge on any atom is -0.369 e. The van der Waals surface area contributed by atoms with Crippen molar-refractivity contribution in [3.8, 4) is 0 Å². The number of hydrazine groups is 1. The maximum atomic E-state index is 6.08. The summed E-state index contributed by atoms with van der Waals surface area (Å²) in [6, 6.07) is 1.63. The number of nitrogens with zero attached hydrogens (tertiary/aromatic N) is 2. The van der Waals surface area contributed by atoms with E-state index in [1.165, 1.54) is 25.9 Å². The summed E-state index contributed by atoms with van der Waals surface area (Å²) in [4.78, 5) is 6.71. The number of rotatable bonds is 6. The predicted molar refractivity (Wildman–Crippen MR) is 80.8 cm³/mol. The van der Waals surface area contributed by atoms with Crippen molar-refractivity contribution in [2.75, 3.05) is 36.9 Å². The smallest absolute Gasteiger partial charge is 0.161 e. The molecule has 0 aliphatic carbocycles. The quantitative estimate of drug-likeness (QED) is 0.428. The van der Waals surface area contributed by atoms with E-state index in [9.17, 15) is 0 Å². The van der Waals surface area contributed by atoms with Crippen LogP contribution in [0.15, 0.2) is 6.07 Å². The third-order valence-electron chi connectivity index (χ3n) is 3.21. The summed E-state index contributed by atoms with van der Waals surface area (Å²) < 4.78 is 0.